The summed E-state index contributed by atoms with van der Waals surface area (Å²) in [5.74, 6) is -0.404. The fraction of sp³-hybridized carbons (Fsp3) is 0.360. The van der Waals surface area contributed by atoms with Gasteiger partial charge in [0.2, 0.25) is 10.0 Å². The number of sulfonamides is 1. The van der Waals surface area contributed by atoms with E-state index < -0.39 is 28.0 Å². The first-order chi connectivity index (χ1) is 16.4. The normalized spacial score (nSPS) is 18.5. The molecular weight excluding hydrogens is 454 g/mol. The lowest BCUT2D eigenvalue weighted by atomic mass is 9.94. The van der Waals surface area contributed by atoms with Crippen LogP contribution in [0.15, 0.2) is 59.5 Å². The van der Waals surface area contributed by atoms with E-state index in [1.54, 1.807) is 19.1 Å². The summed E-state index contributed by atoms with van der Waals surface area (Å²) in [6.45, 7) is 5.27. The molecule has 34 heavy (non-hydrogen) atoms. The van der Waals surface area contributed by atoms with Crippen LogP contribution in [0.4, 0.5) is 0 Å². The predicted molar refractivity (Wildman–Crippen MR) is 129 cm³/mol. The summed E-state index contributed by atoms with van der Waals surface area (Å²) in [4.78, 5) is 16.9. The fourth-order valence-electron chi connectivity index (χ4n) is 4.15. The van der Waals surface area contributed by atoms with Crippen LogP contribution in [0.1, 0.15) is 24.6 Å². The highest BCUT2D eigenvalue weighted by molar-refractivity contribution is 7.89. The minimum atomic E-state index is -3.81. The average Bonchev–Trinajstić information content (AvgIpc) is 2.83. The zero-order valence-electron chi connectivity index (χ0n) is 19.3. The molecule has 9 heteroatoms. The molecule has 2 N–H and O–H groups in total. The van der Waals surface area contributed by atoms with Crippen molar-refractivity contribution in [3.63, 3.8) is 0 Å². The van der Waals surface area contributed by atoms with E-state index >= 15 is 0 Å². The molecule has 0 amide bonds. The number of carbonyl (C=O) groups excluding carboxylic acids is 1. The summed E-state index contributed by atoms with van der Waals surface area (Å²) in [5.41, 5.74) is 2.83. The number of hydrogen-bond donors (Lipinski definition) is 2. The second-order valence-corrected chi connectivity index (χ2v) is 9.99. The number of aromatic nitrogens is 1. The topological polar surface area (TPSA) is 107 Å². The van der Waals surface area contributed by atoms with Gasteiger partial charge in [-0.25, -0.2) is 13.1 Å². The number of pyridine rings is 1. The van der Waals surface area contributed by atoms with Crippen LogP contribution in [0.2, 0.25) is 0 Å². The molecule has 1 saturated heterocycles. The molecule has 0 radical (unpaired) electrons. The molecule has 0 saturated carbocycles. The van der Waals surface area contributed by atoms with Gasteiger partial charge < -0.3 is 14.8 Å². The second kappa shape index (κ2) is 10.5. The number of hydrogen-bond acceptors (Lipinski definition) is 7. The maximum absolute atomic E-state index is 13.0. The first-order valence-corrected chi connectivity index (χ1v) is 12.8. The molecule has 1 aliphatic heterocycles. The maximum atomic E-state index is 13.0. The van der Waals surface area contributed by atoms with Crippen LogP contribution in [0.3, 0.4) is 0 Å². The molecule has 0 aliphatic carbocycles. The summed E-state index contributed by atoms with van der Waals surface area (Å²) in [6.07, 6.45) is 0.503. The van der Waals surface area contributed by atoms with E-state index in [2.05, 4.69) is 15.0 Å². The molecule has 8 nitrogen and oxygen atoms in total. The molecule has 2 atom stereocenters. The predicted octanol–water partition coefficient (Wildman–Crippen LogP) is 2.94. The second-order valence-electron chi connectivity index (χ2n) is 8.28. The van der Waals surface area contributed by atoms with E-state index in [-0.39, 0.29) is 11.5 Å². The molecule has 2 unspecified atom stereocenters. The van der Waals surface area contributed by atoms with E-state index in [4.69, 9.17) is 9.47 Å². The Labute approximate surface area is 199 Å². The SMILES string of the molecule is CCOC(=O)C1CNCCC1NS(=O)(=O)c1ccc(OCc2cc(C)nc3ccccc23)cc1. The van der Waals surface area contributed by atoms with Crippen molar-refractivity contribution in [2.45, 2.75) is 37.8 Å². The van der Waals surface area contributed by atoms with Crippen molar-refractivity contribution in [2.75, 3.05) is 19.7 Å². The monoisotopic (exact) mass is 483 g/mol. The molecule has 0 bridgehead atoms. The Morgan fingerprint density at radius 2 is 1.94 bits per heavy atom. The number of fused-ring (bicyclic) bond motifs is 1. The van der Waals surface area contributed by atoms with Crippen molar-refractivity contribution in [2.24, 2.45) is 5.92 Å². The van der Waals surface area contributed by atoms with Crippen molar-refractivity contribution in [1.82, 2.24) is 15.0 Å². The van der Waals surface area contributed by atoms with Crippen molar-refractivity contribution >= 4 is 26.9 Å². The molecule has 0 spiro atoms. The number of aryl methyl sites for hydroxylation is 1. The number of esters is 1. The van der Waals surface area contributed by atoms with Crippen LogP contribution >= 0.6 is 0 Å². The van der Waals surface area contributed by atoms with Gasteiger partial charge in [0.15, 0.2) is 0 Å². The molecule has 2 aromatic carbocycles. The lowest BCUT2D eigenvalue weighted by Crippen LogP contribution is -2.52. The Balaban J connectivity index is 1.44. The number of benzene rings is 2. The molecule has 180 valence electrons. The Morgan fingerprint density at radius 3 is 2.71 bits per heavy atom. The number of para-hydroxylation sites is 1. The van der Waals surface area contributed by atoms with Gasteiger partial charge in [-0.2, -0.15) is 0 Å². The summed E-state index contributed by atoms with van der Waals surface area (Å²) in [6, 6.07) is 15.6. The van der Waals surface area contributed by atoms with Gasteiger partial charge in [-0.3, -0.25) is 9.78 Å². The van der Waals surface area contributed by atoms with Gasteiger partial charge in [-0.15, -0.1) is 0 Å². The largest absolute Gasteiger partial charge is 0.489 e. The van der Waals surface area contributed by atoms with E-state index in [9.17, 15) is 13.2 Å². The number of nitrogens with one attached hydrogen (secondary N) is 2. The molecule has 1 aromatic heterocycles. The molecule has 1 fully saturated rings. The molecule has 2 heterocycles. The third kappa shape index (κ3) is 5.55. The lowest BCUT2D eigenvalue weighted by Gasteiger charge is -2.30. The van der Waals surface area contributed by atoms with Gasteiger partial charge in [0.05, 0.1) is 22.9 Å². The highest BCUT2D eigenvalue weighted by Gasteiger charge is 2.35. The standard InChI is InChI=1S/C25H29N3O5S/c1-3-32-25(29)22-15-26-13-12-24(22)28-34(30,31)20-10-8-19(9-11-20)33-16-18-14-17(2)27-23-7-5-4-6-21(18)23/h4-11,14,22,24,26,28H,3,12-13,15-16H2,1-2H3. The van der Waals surface area contributed by atoms with Gasteiger partial charge in [0.1, 0.15) is 12.4 Å². The Hall–Kier alpha value is -3.01. The first-order valence-electron chi connectivity index (χ1n) is 11.3. The van der Waals surface area contributed by atoms with Crippen molar-refractivity contribution < 1.29 is 22.7 Å². The summed E-state index contributed by atoms with van der Waals surface area (Å²) in [7, 11) is -3.81. The van der Waals surface area contributed by atoms with E-state index in [1.165, 1.54) is 12.1 Å². The summed E-state index contributed by atoms with van der Waals surface area (Å²) >= 11 is 0. The van der Waals surface area contributed by atoms with E-state index in [1.807, 2.05) is 37.3 Å². The van der Waals surface area contributed by atoms with Crippen LogP contribution in [0, 0.1) is 12.8 Å². The van der Waals surface area contributed by atoms with Crippen LogP contribution in [-0.2, 0) is 26.2 Å². The van der Waals surface area contributed by atoms with Crippen LogP contribution in [-0.4, -0.2) is 45.1 Å². The van der Waals surface area contributed by atoms with Gasteiger partial charge in [-0.05, 0) is 63.2 Å². The Kier molecular flexibility index (Phi) is 7.45. The number of rotatable bonds is 8. The average molecular weight is 484 g/mol. The zero-order chi connectivity index (χ0) is 24.1. The molecule has 3 aromatic rings. The lowest BCUT2D eigenvalue weighted by molar-refractivity contribution is -0.149. The zero-order valence-corrected chi connectivity index (χ0v) is 20.1. The number of nitrogens with zero attached hydrogens (tertiary/aromatic N) is 1. The fourth-order valence-corrected chi connectivity index (χ4v) is 5.47. The molecule has 4 rings (SSSR count). The number of ether oxygens (including phenoxy) is 2. The molecule has 1 aliphatic rings. The van der Waals surface area contributed by atoms with Gasteiger partial charge in [-0.1, -0.05) is 18.2 Å². The van der Waals surface area contributed by atoms with Gasteiger partial charge in [0, 0.05) is 29.2 Å². The van der Waals surface area contributed by atoms with E-state index in [0.717, 1.165) is 22.2 Å². The van der Waals surface area contributed by atoms with Crippen LogP contribution in [0.25, 0.3) is 10.9 Å². The summed E-state index contributed by atoms with van der Waals surface area (Å²) < 4.78 is 39.7. The first kappa shape index (κ1) is 24.1. The van der Waals surface area contributed by atoms with Crippen molar-refractivity contribution in [3.8, 4) is 5.75 Å². The minimum Gasteiger partial charge on any atom is -0.489 e. The van der Waals surface area contributed by atoms with Gasteiger partial charge in [0.25, 0.3) is 0 Å². The third-order valence-corrected chi connectivity index (χ3v) is 7.34. The van der Waals surface area contributed by atoms with Crippen molar-refractivity contribution in [3.05, 3.63) is 65.9 Å². The minimum absolute atomic E-state index is 0.117. The van der Waals surface area contributed by atoms with Gasteiger partial charge >= 0.3 is 5.97 Å². The Bertz CT molecular complexity index is 1260. The Morgan fingerprint density at radius 1 is 1.18 bits per heavy atom. The van der Waals surface area contributed by atoms with E-state index in [0.29, 0.717) is 31.9 Å². The van der Waals surface area contributed by atoms with Crippen LogP contribution in [0.5, 0.6) is 5.75 Å². The smallest absolute Gasteiger partial charge is 0.311 e. The quantitative estimate of drug-likeness (QED) is 0.475. The highest BCUT2D eigenvalue weighted by atomic mass is 32.2. The maximum Gasteiger partial charge on any atom is 0.311 e. The number of piperidine rings is 1. The third-order valence-electron chi connectivity index (χ3n) is 5.84. The summed E-state index contributed by atoms with van der Waals surface area (Å²) in [5, 5.41) is 4.15. The molecular formula is C25H29N3O5S. The number of carbonyl (C=O) groups is 1. The highest BCUT2D eigenvalue weighted by Crippen LogP contribution is 2.23. The van der Waals surface area contributed by atoms with Crippen molar-refractivity contribution in [1.29, 1.82) is 0 Å². The van der Waals surface area contributed by atoms with Crippen LogP contribution < -0.4 is 14.8 Å².